The summed E-state index contributed by atoms with van der Waals surface area (Å²) in [4.78, 5) is 11.4. The number of ether oxygens (including phenoxy) is 2. The zero-order valence-electron chi connectivity index (χ0n) is 8.70. The predicted octanol–water partition coefficient (Wildman–Crippen LogP) is 1.26. The van der Waals surface area contributed by atoms with Gasteiger partial charge in [0.1, 0.15) is 6.61 Å². The van der Waals surface area contributed by atoms with Crippen LogP contribution < -0.4 is 0 Å². The maximum Gasteiger partial charge on any atom is 0.163 e. The van der Waals surface area contributed by atoms with E-state index in [0.717, 1.165) is 26.1 Å². The first-order valence-corrected chi connectivity index (χ1v) is 5.45. The Bertz CT molecular complexity index is 215. The minimum Gasteiger partial charge on any atom is -0.381 e. The van der Waals surface area contributed by atoms with E-state index in [1.807, 2.05) is 0 Å². The van der Waals surface area contributed by atoms with Crippen molar-refractivity contribution >= 4 is 5.78 Å². The molecule has 3 nitrogen and oxygen atoms in total. The number of ketones is 1. The van der Waals surface area contributed by atoms with Crippen LogP contribution in [-0.2, 0) is 14.3 Å². The third-order valence-electron chi connectivity index (χ3n) is 3.42. The fourth-order valence-corrected chi connectivity index (χ4v) is 2.35. The second kappa shape index (κ2) is 4.41. The smallest absolute Gasteiger partial charge is 0.163 e. The molecule has 2 fully saturated rings. The van der Waals surface area contributed by atoms with Crippen molar-refractivity contribution < 1.29 is 14.3 Å². The number of hydrogen-bond donors (Lipinski definition) is 0. The lowest BCUT2D eigenvalue weighted by molar-refractivity contribution is -0.121. The van der Waals surface area contributed by atoms with Gasteiger partial charge < -0.3 is 9.47 Å². The summed E-state index contributed by atoms with van der Waals surface area (Å²) in [6.45, 7) is 4.90. The maximum atomic E-state index is 11.4. The summed E-state index contributed by atoms with van der Waals surface area (Å²) < 4.78 is 10.6. The van der Waals surface area contributed by atoms with Gasteiger partial charge in [-0.05, 0) is 24.7 Å². The highest BCUT2D eigenvalue weighted by Crippen LogP contribution is 2.29. The topological polar surface area (TPSA) is 35.5 Å². The maximum absolute atomic E-state index is 11.4. The Morgan fingerprint density at radius 2 is 2.21 bits per heavy atom. The molecular formula is C11H18O3. The molecule has 14 heavy (non-hydrogen) atoms. The summed E-state index contributed by atoms with van der Waals surface area (Å²) in [5, 5.41) is 0. The lowest BCUT2D eigenvalue weighted by atomic mass is 9.82. The van der Waals surface area contributed by atoms with Crippen molar-refractivity contribution in [1.82, 2.24) is 0 Å². The highest BCUT2D eigenvalue weighted by molar-refractivity contribution is 5.83. The second-order valence-corrected chi connectivity index (χ2v) is 4.52. The van der Waals surface area contributed by atoms with Crippen LogP contribution in [0.3, 0.4) is 0 Å². The normalized spacial score (nSPS) is 38.9. The monoisotopic (exact) mass is 198 g/mol. The Balaban J connectivity index is 1.86. The second-order valence-electron chi connectivity index (χ2n) is 4.52. The molecule has 3 unspecified atom stereocenters. The van der Waals surface area contributed by atoms with Gasteiger partial charge in [-0.1, -0.05) is 6.92 Å². The molecule has 3 atom stereocenters. The van der Waals surface area contributed by atoms with Crippen molar-refractivity contribution in [3.63, 3.8) is 0 Å². The fourth-order valence-electron chi connectivity index (χ4n) is 2.35. The summed E-state index contributed by atoms with van der Waals surface area (Å²) in [5.74, 6) is 1.71. The first-order valence-electron chi connectivity index (χ1n) is 5.45. The van der Waals surface area contributed by atoms with Crippen LogP contribution in [-0.4, -0.2) is 32.2 Å². The molecule has 0 amide bonds. The molecule has 0 radical (unpaired) electrons. The number of rotatable bonds is 2. The average molecular weight is 198 g/mol. The highest BCUT2D eigenvalue weighted by Gasteiger charge is 2.31. The van der Waals surface area contributed by atoms with Crippen molar-refractivity contribution in [2.75, 3.05) is 26.4 Å². The summed E-state index contributed by atoms with van der Waals surface area (Å²) in [6.07, 6.45) is 2.11. The van der Waals surface area contributed by atoms with Crippen LogP contribution in [0.2, 0.25) is 0 Å². The van der Waals surface area contributed by atoms with E-state index in [1.54, 1.807) is 0 Å². The van der Waals surface area contributed by atoms with Crippen molar-refractivity contribution in [3.05, 3.63) is 0 Å². The Hall–Kier alpha value is -0.410. The van der Waals surface area contributed by atoms with E-state index in [4.69, 9.17) is 9.47 Å². The van der Waals surface area contributed by atoms with Gasteiger partial charge in [0.05, 0.1) is 6.61 Å². The van der Waals surface area contributed by atoms with Gasteiger partial charge in [0, 0.05) is 19.1 Å². The molecule has 0 spiro atoms. The predicted molar refractivity (Wildman–Crippen MR) is 52.0 cm³/mol. The zero-order chi connectivity index (χ0) is 9.97. The summed E-state index contributed by atoms with van der Waals surface area (Å²) in [5.41, 5.74) is 0. The van der Waals surface area contributed by atoms with Crippen molar-refractivity contribution in [3.8, 4) is 0 Å². The average Bonchev–Trinajstić information content (AvgIpc) is 2.56. The van der Waals surface area contributed by atoms with Gasteiger partial charge in [-0.2, -0.15) is 0 Å². The number of hydrogen-bond acceptors (Lipinski definition) is 3. The van der Waals surface area contributed by atoms with E-state index >= 15 is 0 Å². The van der Waals surface area contributed by atoms with Gasteiger partial charge in [0.15, 0.2) is 5.78 Å². The van der Waals surface area contributed by atoms with E-state index in [2.05, 4.69) is 6.92 Å². The Labute approximate surface area is 84.8 Å². The summed E-state index contributed by atoms with van der Waals surface area (Å²) in [6, 6.07) is 0. The molecule has 0 aromatic rings. The molecule has 2 aliphatic heterocycles. The molecule has 2 rings (SSSR count). The van der Waals surface area contributed by atoms with Crippen molar-refractivity contribution in [2.45, 2.75) is 19.8 Å². The molecular weight excluding hydrogens is 180 g/mol. The van der Waals surface area contributed by atoms with Crippen molar-refractivity contribution in [1.29, 1.82) is 0 Å². The standard InChI is InChI=1S/C11H18O3/c1-8-5-13-3-2-9(8)4-10-6-14-7-11(10)12/h8-10H,2-7H2,1H3. The molecule has 0 N–H and O–H groups in total. The third kappa shape index (κ3) is 2.15. The summed E-state index contributed by atoms with van der Waals surface area (Å²) >= 11 is 0. The minimum absolute atomic E-state index is 0.167. The van der Waals surface area contributed by atoms with E-state index in [1.165, 1.54) is 0 Å². The van der Waals surface area contributed by atoms with Crippen LogP contribution in [0.25, 0.3) is 0 Å². The van der Waals surface area contributed by atoms with Gasteiger partial charge in [-0.3, -0.25) is 4.79 Å². The lowest BCUT2D eigenvalue weighted by Crippen LogP contribution is -2.28. The van der Waals surface area contributed by atoms with E-state index in [9.17, 15) is 4.79 Å². The summed E-state index contributed by atoms with van der Waals surface area (Å²) in [7, 11) is 0. The lowest BCUT2D eigenvalue weighted by Gasteiger charge is -2.30. The van der Waals surface area contributed by atoms with Gasteiger partial charge in [0.25, 0.3) is 0 Å². The molecule has 2 heterocycles. The molecule has 0 aliphatic carbocycles. The molecule has 2 aliphatic rings. The highest BCUT2D eigenvalue weighted by atomic mass is 16.5. The Morgan fingerprint density at radius 1 is 1.36 bits per heavy atom. The first kappa shape index (κ1) is 10.1. The molecule has 0 aromatic heterocycles. The minimum atomic E-state index is 0.167. The quantitative estimate of drug-likeness (QED) is 0.670. The number of Topliss-reactive ketones (excluding diaryl/α,β-unsaturated/α-hetero) is 1. The largest absolute Gasteiger partial charge is 0.381 e. The molecule has 0 bridgehead atoms. The van der Waals surface area contributed by atoms with E-state index < -0.39 is 0 Å². The fraction of sp³-hybridized carbons (Fsp3) is 0.909. The first-order chi connectivity index (χ1) is 6.77. The van der Waals surface area contributed by atoms with Gasteiger partial charge in [0.2, 0.25) is 0 Å². The van der Waals surface area contributed by atoms with E-state index in [0.29, 0.717) is 30.8 Å². The number of carbonyl (C=O) groups excluding carboxylic acids is 1. The molecule has 80 valence electrons. The molecule has 0 saturated carbocycles. The number of carbonyl (C=O) groups is 1. The van der Waals surface area contributed by atoms with Crippen LogP contribution in [0.4, 0.5) is 0 Å². The van der Waals surface area contributed by atoms with Gasteiger partial charge >= 0.3 is 0 Å². The van der Waals surface area contributed by atoms with E-state index in [-0.39, 0.29) is 5.92 Å². The van der Waals surface area contributed by atoms with Gasteiger partial charge in [-0.15, -0.1) is 0 Å². The van der Waals surface area contributed by atoms with Gasteiger partial charge in [-0.25, -0.2) is 0 Å². The molecule has 2 saturated heterocycles. The van der Waals surface area contributed by atoms with Crippen molar-refractivity contribution in [2.24, 2.45) is 17.8 Å². The Morgan fingerprint density at radius 3 is 2.86 bits per heavy atom. The zero-order valence-corrected chi connectivity index (χ0v) is 8.70. The van der Waals surface area contributed by atoms with Crippen LogP contribution in [0, 0.1) is 17.8 Å². The van der Waals surface area contributed by atoms with Crippen LogP contribution in [0.5, 0.6) is 0 Å². The third-order valence-corrected chi connectivity index (χ3v) is 3.42. The van der Waals surface area contributed by atoms with Crippen LogP contribution in [0.1, 0.15) is 19.8 Å². The Kier molecular flexibility index (Phi) is 3.19. The SMILES string of the molecule is CC1COCCC1CC1COCC1=O. The van der Waals surface area contributed by atoms with Crippen LogP contribution >= 0.6 is 0 Å². The molecule has 3 heteroatoms. The van der Waals surface area contributed by atoms with Crippen LogP contribution in [0.15, 0.2) is 0 Å². The molecule has 0 aromatic carbocycles.